The molecule has 0 unspecified atom stereocenters. The molecular weight excluding hydrogens is 406 g/mol. The zero-order valence-corrected chi connectivity index (χ0v) is 17.9. The first-order chi connectivity index (χ1) is 13.8. The molecule has 1 fully saturated rings. The van der Waals surface area contributed by atoms with Crippen LogP contribution in [0.25, 0.3) is 0 Å². The van der Waals surface area contributed by atoms with E-state index in [1.165, 1.54) is 17.3 Å². The lowest BCUT2D eigenvalue weighted by Crippen LogP contribution is -2.13. The number of sulfone groups is 1. The van der Waals surface area contributed by atoms with Gasteiger partial charge in [-0.25, -0.2) is 8.42 Å². The van der Waals surface area contributed by atoms with Crippen LogP contribution in [-0.2, 0) is 9.84 Å². The summed E-state index contributed by atoms with van der Waals surface area (Å²) >= 11 is 1.47. The Hall–Kier alpha value is -2.32. The largest absolute Gasteiger partial charge is 0.335 e. The predicted molar refractivity (Wildman–Crippen MR) is 120 cm³/mol. The van der Waals surface area contributed by atoms with Gasteiger partial charge in [-0.2, -0.15) is 0 Å². The number of amidine groups is 1. The average molecular weight is 430 g/mol. The number of thioether (sulfide) groups is 1. The third-order valence-corrected chi connectivity index (χ3v) is 8.19. The van der Waals surface area contributed by atoms with Crippen molar-refractivity contribution in [2.45, 2.75) is 31.1 Å². The fraction of sp³-hybridized carbons (Fsp3) is 0.333. The Morgan fingerprint density at radius 2 is 1.69 bits per heavy atom. The third kappa shape index (κ3) is 4.64. The quantitative estimate of drug-likeness (QED) is 0.773. The Morgan fingerprint density at radius 1 is 1.03 bits per heavy atom. The van der Waals surface area contributed by atoms with Gasteiger partial charge < -0.3 is 10.6 Å². The van der Waals surface area contributed by atoms with Crippen LogP contribution in [0.4, 0.5) is 11.4 Å². The molecule has 0 bridgehead atoms. The van der Waals surface area contributed by atoms with Gasteiger partial charge in [-0.05, 0) is 47.9 Å². The smallest absolute Gasteiger partial charge is 0.255 e. The average Bonchev–Trinajstić information content (AvgIpc) is 3.15. The van der Waals surface area contributed by atoms with E-state index in [0.29, 0.717) is 11.5 Å². The predicted octanol–water partition coefficient (Wildman–Crippen LogP) is 3.74. The van der Waals surface area contributed by atoms with Crippen molar-refractivity contribution < 1.29 is 13.2 Å². The molecule has 0 aromatic heterocycles. The second kappa shape index (κ2) is 7.84. The molecule has 0 saturated carbocycles. The molecule has 0 radical (unpaired) electrons. The summed E-state index contributed by atoms with van der Waals surface area (Å²) in [5.41, 5.74) is 3.37. The first kappa shape index (κ1) is 20.0. The number of fused-ring (bicyclic) bond motifs is 1. The van der Waals surface area contributed by atoms with Crippen molar-refractivity contribution in [3.8, 4) is 0 Å². The third-order valence-electron chi connectivity index (χ3n) is 5.05. The molecule has 2 heterocycles. The maximum Gasteiger partial charge on any atom is 0.255 e. The highest BCUT2D eigenvalue weighted by Gasteiger charge is 2.42. The van der Waals surface area contributed by atoms with E-state index in [2.05, 4.69) is 29.5 Å². The lowest BCUT2D eigenvalue weighted by atomic mass is 10.0. The van der Waals surface area contributed by atoms with Crippen molar-refractivity contribution in [2.75, 3.05) is 22.1 Å². The van der Waals surface area contributed by atoms with Gasteiger partial charge in [0.1, 0.15) is 0 Å². The molecule has 29 heavy (non-hydrogen) atoms. The van der Waals surface area contributed by atoms with E-state index < -0.39 is 9.84 Å². The van der Waals surface area contributed by atoms with Gasteiger partial charge in [-0.3, -0.25) is 9.79 Å². The standard InChI is InChI=1S/C21H23N3O3S2/c1-13(2)14-3-7-16(8-4-14)22-20(25)15-5-9-17(10-6-15)23-21-24-18-11-29(26,27)12-19(18)28-21/h3-10,13,18-19H,11-12H2,1-2H3,(H,22,25)(H,23,24)/t18-,19+/m1/s1. The van der Waals surface area contributed by atoms with Gasteiger partial charge in [0, 0.05) is 22.2 Å². The number of aliphatic imine (C=N–C) groups is 1. The van der Waals surface area contributed by atoms with Gasteiger partial charge >= 0.3 is 0 Å². The van der Waals surface area contributed by atoms with E-state index in [1.807, 2.05) is 36.4 Å². The van der Waals surface area contributed by atoms with E-state index in [0.717, 1.165) is 16.5 Å². The fourth-order valence-corrected chi connectivity index (χ4v) is 7.07. The van der Waals surface area contributed by atoms with Crippen LogP contribution in [0.15, 0.2) is 53.5 Å². The maximum atomic E-state index is 12.5. The summed E-state index contributed by atoms with van der Waals surface area (Å²) in [6.45, 7) is 4.26. The second-order valence-electron chi connectivity index (χ2n) is 7.67. The highest BCUT2D eigenvalue weighted by molar-refractivity contribution is 8.15. The summed E-state index contributed by atoms with van der Waals surface area (Å²) in [7, 11) is -2.95. The van der Waals surface area contributed by atoms with Gasteiger partial charge in [0.25, 0.3) is 5.91 Å². The summed E-state index contributed by atoms with van der Waals surface area (Å²) in [4.78, 5) is 16.9. The Kier molecular flexibility index (Phi) is 5.40. The van der Waals surface area contributed by atoms with Crippen molar-refractivity contribution in [1.82, 2.24) is 0 Å². The molecule has 6 nitrogen and oxygen atoms in total. The van der Waals surface area contributed by atoms with E-state index in [-0.39, 0.29) is 28.7 Å². The zero-order chi connectivity index (χ0) is 20.6. The zero-order valence-electron chi connectivity index (χ0n) is 16.3. The maximum absolute atomic E-state index is 12.5. The molecule has 2 aliphatic rings. The van der Waals surface area contributed by atoms with E-state index in [4.69, 9.17) is 0 Å². The van der Waals surface area contributed by atoms with Crippen molar-refractivity contribution in [3.05, 3.63) is 59.7 Å². The minimum atomic E-state index is -2.95. The van der Waals surface area contributed by atoms with Crippen LogP contribution in [0.5, 0.6) is 0 Å². The van der Waals surface area contributed by atoms with Gasteiger partial charge in [0.2, 0.25) is 0 Å². The van der Waals surface area contributed by atoms with Crippen molar-refractivity contribution >= 4 is 44.0 Å². The molecule has 0 aliphatic carbocycles. The van der Waals surface area contributed by atoms with Gasteiger partial charge in [0.15, 0.2) is 15.0 Å². The Bertz CT molecular complexity index is 1050. The number of anilines is 2. The molecule has 1 amide bonds. The Labute approximate surface area is 175 Å². The van der Waals surface area contributed by atoms with Gasteiger partial charge in [-0.15, -0.1) is 0 Å². The van der Waals surface area contributed by atoms with Crippen LogP contribution in [0.3, 0.4) is 0 Å². The van der Waals surface area contributed by atoms with Crippen molar-refractivity contribution in [2.24, 2.45) is 4.99 Å². The number of nitrogens with zero attached hydrogens (tertiary/aromatic N) is 1. The molecule has 8 heteroatoms. The molecule has 152 valence electrons. The molecular formula is C21H23N3O3S2. The molecule has 2 aromatic rings. The first-order valence-electron chi connectivity index (χ1n) is 9.52. The molecule has 2 atom stereocenters. The van der Waals surface area contributed by atoms with E-state index >= 15 is 0 Å². The minimum absolute atomic E-state index is 0.00892. The van der Waals surface area contributed by atoms with Crippen molar-refractivity contribution in [1.29, 1.82) is 0 Å². The number of benzene rings is 2. The van der Waals surface area contributed by atoms with E-state index in [9.17, 15) is 13.2 Å². The first-order valence-corrected chi connectivity index (χ1v) is 12.2. The molecule has 2 aliphatic heterocycles. The number of nitrogens with one attached hydrogen (secondary N) is 2. The lowest BCUT2D eigenvalue weighted by molar-refractivity contribution is 0.102. The van der Waals surface area contributed by atoms with Crippen molar-refractivity contribution in [3.63, 3.8) is 0 Å². The molecule has 1 saturated heterocycles. The van der Waals surface area contributed by atoms with Crippen LogP contribution in [0.1, 0.15) is 35.7 Å². The molecule has 0 spiro atoms. The van der Waals surface area contributed by atoms with Gasteiger partial charge in [0.05, 0.1) is 17.5 Å². The van der Waals surface area contributed by atoms with Crippen LogP contribution in [-0.4, -0.2) is 42.3 Å². The number of hydrogen-bond acceptors (Lipinski definition) is 6. The van der Waals surface area contributed by atoms with Crippen LogP contribution < -0.4 is 10.6 Å². The Balaban J connectivity index is 1.36. The number of carbonyl (C=O) groups is 1. The summed E-state index contributed by atoms with van der Waals surface area (Å²) in [6.07, 6.45) is 0. The number of carbonyl (C=O) groups excluding carboxylic acids is 1. The number of amides is 1. The lowest BCUT2D eigenvalue weighted by Gasteiger charge is -2.10. The minimum Gasteiger partial charge on any atom is -0.335 e. The molecule has 4 rings (SSSR count). The highest BCUT2D eigenvalue weighted by atomic mass is 32.2. The topological polar surface area (TPSA) is 87.6 Å². The van der Waals surface area contributed by atoms with Gasteiger partial charge in [-0.1, -0.05) is 37.7 Å². The number of hydrogen-bond donors (Lipinski definition) is 2. The normalized spacial score (nSPS) is 22.2. The summed E-state index contributed by atoms with van der Waals surface area (Å²) in [5, 5.41) is 6.87. The summed E-state index contributed by atoms with van der Waals surface area (Å²) < 4.78 is 23.3. The van der Waals surface area contributed by atoms with Crippen LogP contribution >= 0.6 is 11.8 Å². The Morgan fingerprint density at radius 3 is 2.31 bits per heavy atom. The SMILES string of the molecule is CC(C)c1ccc(NC(=O)c2ccc(NC3=N[C@@H]4CS(=O)(=O)C[C@@H]4S3)cc2)cc1. The number of rotatable bonds is 4. The van der Waals surface area contributed by atoms with Crippen LogP contribution in [0, 0.1) is 0 Å². The van der Waals surface area contributed by atoms with E-state index in [1.54, 1.807) is 12.1 Å². The summed E-state index contributed by atoms with van der Waals surface area (Å²) in [5.74, 6) is 0.606. The second-order valence-corrected chi connectivity index (χ2v) is 11.0. The molecule has 2 N–H and O–H groups in total. The molecule has 2 aromatic carbocycles. The van der Waals surface area contributed by atoms with Crippen LogP contribution in [0.2, 0.25) is 0 Å². The monoisotopic (exact) mass is 429 g/mol. The summed E-state index contributed by atoms with van der Waals surface area (Å²) in [6, 6.07) is 14.9. The fourth-order valence-electron chi connectivity index (χ4n) is 3.40. The highest BCUT2D eigenvalue weighted by Crippen LogP contribution is 2.34.